The fourth-order valence-corrected chi connectivity index (χ4v) is 3.37. The van der Waals surface area contributed by atoms with Gasteiger partial charge in [-0.2, -0.15) is 0 Å². The summed E-state index contributed by atoms with van der Waals surface area (Å²) in [6.07, 6.45) is 12.1. The van der Waals surface area contributed by atoms with Crippen molar-refractivity contribution in [3.63, 3.8) is 0 Å². The number of nitrogens with zero attached hydrogens (tertiary/aromatic N) is 1. The van der Waals surface area contributed by atoms with Crippen LogP contribution in [0.4, 0.5) is 0 Å². The Hall–Kier alpha value is -1.06. The summed E-state index contributed by atoms with van der Waals surface area (Å²) in [4.78, 5) is 26.1. The zero-order valence-corrected chi connectivity index (χ0v) is 16.7. The summed E-state index contributed by atoms with van der Waals surface area (Å²) in [5, 5.41) is 0. The van der Waals surface area contributed by atoms with Gasteiger partial charge in [-0.3, -0.25) is 9.59 Å². The molecule has 0 radical (unpaired) electrons. The summed E-state index contributed by atoms with van der Waals surface area (Å²) < 4.78 is 5.44. The average Bonchev–Trinajstić information content (AvgIpc) is 2.59. The third-order valence-corrected chi connectivity index (χ3v) is 5.01. The maximum Gasteiger partial charge on any atom is 0.309 e. The van der Waals surface area contributed by atoms with Crippen LogP contribution in [-0.4, -0.2) is 36.5 Å². The fourth-order valence-electron chi connectivity index (χ4n) is 3.37. The molecule has 0 unspecified atom stereocenters. The highest BCUT2D eigenvalue weighted by molar-refractivity contribution is 5.77. The molecule has 4 nitrogen and oxygen atoms in total. The van der Waals surface area contributed by atoms with Crippen molar-refractivity contribution in [2.75, 3.05) is 19.7 Å². The van der Waals surface area contributed by atoms with Crippen LogP contribution in [0.15, 0.2) is 0 Å². The van der Waals surface area contributed by atoms with E-state index in [-0.39, 0.29) is 17.8 Å². The van der Waals surface area contributed by atoms with Crippen LogP contribution in [0.3, 0.4) is 0 Å². The quantitative estimate of drug-likeness (QED) is 0.368. The second-order valence-corrected chi connectivity index (χ2v) is 7.90. The summed E-state index contributed by atoms with van der Waals surface area (Å²) >= 11 is 0. The monoisotopic (exact) mass is 353 g/mol. The molecule has 1 amide bonds. The molecule has 1 fully saturated rings. The molecule has 1 saturated heterocycles. The van der Waals surface area contributed by atoms with Crippen LogP contribution in [0.1, 0.15) is 91.4 Å². The van der Waals surface area contributed by atoms with Gasteiger partial charge in [-0.25, -0.2) is 0 Å². The van der Waals surface area contributed by atoms with E-state index in [0.717, 1.165) is 25.7 Å². The van der Waals surface area contributed by atoms with E-state index in [1.165, 1.54) is 38.5 Å². The van der Waals surface area contributed by atoms with Crippen molar-refractivity contribution in [3.05, 3.63) is 0 Å². The molecular formula is C21H39NO3. The summed E-state index contributed by atoms with van der Waals surface area (Å²) in [7, 11) is 0. The maximum absolute atomic E-state index is 12.1. The van der Waals surface area contributed by atoms with Crippen LogP contribution in [0.5, 0.6) is 0 Å². The van der Waals surface area contributed by atoms with Gasteiger partial charge in [-0.1, -0.05) is 65.7 Å². The van der Waals surface area contributed by atoms with Crippen LogP contribution in [0.25, 0.3) is 0 Å². The lowest BCUT2D eigenvalue weighted by Crippen LogP contribution is -2.41. The van der Waals surface area contributed by atoms with E-state index >= 15 is 0 Å². The molecule has 0 aliphatic carbocycles. The Kier molecular flexibility index (Phi) is 11.6. The summed E-state index contributed by atoms with van der Waals surface area (Å²) in [5.41, 5.74) is 0. The molecule has 146 valence electrons. The van der Waals surface area contributed by atoms with E-state index in [1.807, 2.05) is 4.90 Å². The number of piperidine rings is 1. The van der Waals surface area contributed by atoms with Crippen LogP contribution in [0.2, 0.25) is 0 Å². The van der Waals surface area contributed by atoms with E-state index < -0.39 is 0 Å². The Morgan fingerprint density at radius 1 is 0.960 bits per heavy atom. The van der Waals surface area contributed by atoms with Crippen LogP contribution < -0.4 is 0 Å². The van der Waals surface area contributed by atoms with Gasteiger partial charge in [-0.05, 0) is 25.2 Å². The van der Waals surface area contributed by atoms with E-state index in [0.29, 0.717) is 32.0 Å². The van der Waals surface area contributed by atoms with Crippen molar-refractivity contribution in [1.82, 2.24) is 4.90 Å². The lowest BCUT2D eigenvalue weighted by Gasteiger charge is -2.31. The van der Waals surface area contributed by atoms with Gasteiger partial charge in [0, 0.05) is 19.5 Å². The number of hydrogen-bond acceptors (Lipinski definition) is 3. The van der Waals surface area contributed by atoms with Crippen LogP contribution in [-0.2, 0) is 14.3 Å². The standard InChI is InChI=1S/C21H39NO3/c1-4-5-6-7-8-9-10-11-16-25-21(24)19-12-14-22(15-13-19)20(23)17-18(2)3/h18-19H,4-17H2,1-3H3. The first kappa shape index (κ1) is 22.0. The summed E-state index contributed by atoms with van der Waals surface area (Å²) in [6, 6.07) is 0. The highest BCUT2D eigenvalue weighted by Crippen LogP contribution is 2.20. The number of unbranched alkanes of at least 4 members (excludes halogenated alkanes) is 7. The number of hydrogen-bond donors (Lipinski definition) is 0. The average molecular weight is 354 g/mol. The van der Waals surface area contributed by atoms with E-state index in [1.54, 1.807) is 0 Å². The van der Waals surface area contributed by atoms with Crippen LogP contribution in [0, 0.1) is 11.8 Å². The normalized spacial score (nSPS) is 15.6. The highest BCUT2D eigenvalue weighted by atomic mass is 16.5. The number of carbonyl (C=O) groups excluding carboxylic acids is 2. The molecule has 1 aliphatic rings. The molecule has 1 heterocycles. The molecule has 0 aromatic carbocycles. The zero-order chi connectivity index (χ0) is 18.5. The maximum atomic E-state index is 12.1. The lowest BCUT2D eigenvalue weighted by atomic mass is 9.96. The molecule has 25 heavy (non-hydrogen) atoms. The Balaban J connectivity index is 2.04. The van der Waals surface area contributed by atoms with E-state index in [2.05, 4.69) is 20.8 Å². The fraction of sp³-hybridized carbons (Fsp3) is 0.905. The van der Waals surface area contributed by atoms with Crippen molar-refractivity contribution in [3.8, 4) is 0 Å². The third-order valence-electron chi connectivity index (χ3n) is 5.01. The van der Waals surface area contributed by atoms with Gasteiger partial charge in [0.15, 0.2) is 0 Å². The Bertz CT molecular complexity index is 373. The van der Waals surface area contributed by atoms with Crippen molar-refractivity contribution in [1.29, 1.82) is 0 Å². The third kappa shape index (κ3) is 9.86. The van der Waals surface area contributed by atoms with Crippen molar-refractivity contribution in [2.24, 2.45) is 11.8 Å². The van der Waals surface area contributed by atoms with Gasteiger partial charge in [-0.15, -0.1) is 0 Å². The molecule has 0 atom stereocenters. The van der Waals surface area contributed by atoms with E-state index in [9.17, 15) is 9.59 Å². The van der Waals surface area contributed by atoms with Crippen molar-refractivity contribution >= 4 is 11.9 Å². The van der Waals surface area contributed by atoms with Crippen LogP contribution >= 0.6 is 0 Å². The number of esters is 1. The second-order valence-electron chi connectivity index (χ2n) is 7.90. The number of amides is 1. The molecule has 0 aromatic heterocycles. The Morgan fingerprint density at radius 2 is 1.52 bits per heavy atom. The molecule has 0 spiro atoms. The lowest BCUT2D eigenvalue weighted by molar-refractivity contribution is -0.152. The van der Waals surface area contributed by atoms with Gasteiger partial charge in [0.05, 0.1) is 12.5 Å². The molecule has 0 saturated carbocycles. The number of ether oxygens (including phenoxy) is 1. The number of likely N-dealkylation sites (tertiary alicyclic amines) is 1. The molecule has 4 heteroatoms. The topological polar surface area (TPSA) is 46.6 Å². The molecule has 0 N–H and O–H groups in total. The first-order valence-corrected chi connectivity index (χ1v) is 10.5. The zero-order valence-electron chi connectivity index (χ0n) is 16.7. The first-order chi connectivity index (χ1) is 12.0. The molecule has 1 rings (SSSR count). The van der Waals surface area contributed by atoms with Crippen molar-refractivity contribution < 1.29 is 14.3 Å². The minimum absolute atomic E-state index is 0.0165. The highest BCUT2D eigenvalue weighted by Gasteiger charge is 2.28. The molecular weight excluding hydrogens is 314 g/mol. The minimum atomic E-state index is -0.0566. The largest absolute Gasteiger partial charge is 0.465 e. The predicted molar refractivity (Wildman–Crippen MR) is 102 cm³/mol. The van der Waals surface area contributed by atoms with Gasteiger partial charge >= 0.3 is 5.97 Å². The van der Waals surface area contributed by atoms with Gasteiger partial charge < -0.3 is 9.64 Å². The Labute approximate surface area is 154 Å². The smallest absolute Gasteiger partial charge is 0.309 e. The van der Waals surface area contributed by atoms with Gasteiger partial charge in [0.25, 0.3) is 0 Å². The summed E-state index contributed by atoms with van der Waals surface area (Å²) in [6.45, 7) is 8.31. The van der Waals surface area contributed by atoms with E-state index in [4.69, 9.17) is 4.74 Å². The molecule has 0 aromatic rings. The van der Waals surface area contributed by atoms with Gasteiger partial charge in [0.1, 0.15) is 0 Å². The Morgan fingerprint density at radius 3 is 2.08 bits per heavy atom. The number of rotatable bonds is 12. The second kappa shape index (κ2) is 13.2. The number of carbonyl (C=O) groups is 2. The summed E-state index contributed by atoms with van der Waals surface area (Å²) in [5.74, 6) is 0.540. The van der Waals surface area contributed by atoms with Crippen molar-refractivity contribution in [2.45, 2.75) is 91.4 Å². The SMILES string of the molecule is CCCCCCCCCCOC(=O)C1CCN(C(=O)CC(C)C)CC1. The molecule has 1 aliphatic heterocycles. The minimum Gasteiger partial charge on any atom is -0.465 e. The first-order valence-electron chi connectivity index (χ1n) is 10.5. The molecule has 0 bridgehead atoms. The predicted octanol–water partition coefficient (Wildman–Crippen LogP) is 4.96. The van der Waals surface area contributed by atoms with Gasteiger partial charge in [0.2, 0.25) is 5.91 Å².